The van der Waals surface area contributed by atoms with Crippen molar-refractivity contribution in [2.24, 2.45) is 0 Å². The number of nitrogens with one attached hydrogen (secondary N) is 1. The second kappa shape index (κ2) is 8.39. The van der Waals surface area contributed by atoms with Gasteiger partial charge in [0, 0.05) is 43.7 Å². The zero-order chi connectivity index (χ0) is 15.5. The summed E-state index contributed by atoms with van der Waals surface area (Å²) >= 11 is 6.02. The van der Waals surface area contributed by atoms with Crippen molar-refractivity contribution in [2.45, 2.75) is 32.0 Å². The van der Waals surface area contributed by atoms with E-state index in [1.807, 2.05) is 19.1 Å². The van der Waals surface area contributed by atoms with Crippen LogP contribution in [0.25, 0.3) is 0 Å². The molecule has 0 unspecified atom stereocenters. The van der Waals surface area contributed by atoms with E-state index in [0.717, 1.165) is 37.3 Å². The molecule has 1 N–H and O–H groups in total. The van der Waals surface area contributed by atoms with Crippen LogP contribution in [-0.2, 0) is 0 Å². The molecule has 1 aromatic carbocycles. The Balaban J connectivity index is 0.00000242. The number of alkyl halides is 3. The standard InChI is InChI=1S/C15H20ClF3N2.ClH/c1-11-10-12(2-3-13(11)16)14(4-5-15(17,18)19)21-8-6-20-7-9-21;/h2-3,10,14,20H,4-9H2,1H3;1H/t14-;/m0./s1. The quantitative estimate of drug-likeness (QED) is 0.862. The Labute approximate surface area is 140 Å². The summed E-state index contributed by atoms with van der Waals surface area (Å²) in [6.45, 7) is 5.04. The number of aryl methyl sites for hydroxylation is 1. The summed E-state index contributed by atoms with van der Waals surface area (Å²) in [6, 6.07) is 5.32. The first-order valence-corrected chi connectivity index (χ1v) is 7.52. The van der Waals surface area contributed by atoms with Gasteiger partial charge in [0.1, 0.15) is 0 Å². The molecule has 0 aromatic heterocycles. The van der Waals surface area contributed by atoms with Crippen molar-refractivity contribution in [1.29, 1.82) is 0 Å². The van der Waals surface area contributed by atoms with Gasteiger partial charge in [-0.1, -0.05) is 23.7 Å². The minimum atomic E-state index is -4.12. The van der Waals surface area contributed by atoms with E-state index in [0.29, 0.717) is 5.02 Å². The van der Waals surface area contributed by atoms with Crippen LogP contribution in [0.15, 0.2) is 18.2 Å². The summed E-state index contributed by atoms with van der Waals surface area (Å²) in [6.07, 6.45) is -4.79. The molecule has 0 radical (unpaired) electrons. The number of benzene rings is 1. The molecule has 0 amide bonds. The fourth-order valence-electron chi connectivity index (χ4n) is 2.73. The lowest BCUT2D eigenvalue weighted by molar-refractivity contribution is -0.138. The van der Waals surface area contributed by atoms with Crippen LogP contribution >= 0.6 is 24.0 Å². The summed E-state index contributed by atoms with van der Waals surface area (Å²) in [5, 5.41) is 3.88. The van der Waals surface area contributed by atoms with Crippen LogP contribution in [0, 0.1) is 6.92 Å². The zero-order valence-electron chi connectivity index (χ0n) is 12.4. The number of piperazine rings is 1. The molecule has 1 aromatic rings. The topological polar surface area (TPSA) is 15.3 Å². The number of hydrogen-bond acceptors (Lipinski definition) is 2. The van der Waals surface area contributed by atoms with Crippen molar-refractivity contribution in [3.8, 4) is 0 Å². The maximum absolute atomic E-state index is 12.6. The van der Waals surface area contributed by atoms with E-state index < -0.39 is 12.6 Å². The van der Waals surface area contributed by atoms with Crippen LogP contribution in [0.5, 0.6) is 0 Å². The van der Waals surface area contributed by atoms with Crippen LogP contribution in [0.4, 0.5) is 13.2 Å². The molecule has 1 atom stereocenters. The summed E-state index contributed by atoms with van der Waals surface area (Å²) < 4.78 is 37.8. The van der Waals surface area contributed by atoms with Gasteiger partial charge in [0.05, 0.1) is 0 Å². The molecule has 1 fully saturated rings. The molecule has 0 saturated carbocycles. The molecule has 7 heteroatoms. The van der Waals surface area contributed by atoms with E-state index in [1.165, 1.54) is 0 Å². The molecule has 126 valence electrons. The first-order valence-electron chi connectivity index (χ1n) is 7.14. The number of hydrogen-bond donors (Lipinski definition) is 1. The summed E-state index contributed by atoms with van der Waals surface area (Å²) in [5.74, 6) is 0. The van der Waals surface area contributed by atoms with Crippen molar-refractivity contribution in [3.05, 3.63) is 34.3 Å². The van der Waals surface area contributed by atoms with E-state index in [2.05, 4.69) is 10.2 Å². The lowest BCUT2D eigenvalue weighted by Crippen LogP contribution is -2.45. The van der Waals surface area contributed by atoms with Gasteiger partial charge in [-0.15, -0.1) is 12.4 Å². The largest absolute Gasteiger partial charge is 0.389 e. The van der Waals surface area contributed by atoms with Crippen LogP contribution < -0.4 is 5.32 Å². The minimum Gasteiger partial charge on any atom is -0.314 e. The third-order valence-electron chi connectivity index (χ3n) is 3.86. The second-order valence-electron chi connectivity index (χ2n) is 5.46. The third kappa shape index (κ3) is 5.61. The van der Waals surface area contributed by atoms with Gasteiger partial charge in [0.25, 0.3) is 0 Å². The predicted octanol–water partition coefficient (Wildman–Crippen LogP) is 4.36. The lowest BCUT2D eigenvalue weighted by atomic mass is 9.98. The molecule has 1 aliphatic rings. The van der Waals surface area contributed by atoms with Crippen LogP contribution in [-0.4, -0.2) is 37.3 Å². The van der Waals surface area contributed by atoms with Gasteiger partial charge >= 0.3 is 6.18 Å². The lowest BCUT2D eigenvalue weighted by Gasteiger charge is -2.35. The number of rotatable bonds is 4. The Hall–Kier alpha value is -0.490. The molecule has 1 saturated heterocycles. The maximum Gasteiger partial charge on any atom is 0.389 e. The van der Waals surface area contributed by atoms with E-state index >= 15 is 0 Å². The molecular formula is C15H21Cl2F3N2. The molecule has 0 spiro atoms. The average Bonchev–Trinajstić information content (AvgIpc) is 2.43. The van der Waals surface area contributed by atoms with Crippen LogP contribution in [0.1, 0.15) is 30.0 Å². The average molecular weight is 357 g/mol. The molecule has 2 nitrogen and oxygen atoms in total. The van der Waals surface area contributed by atoms with Gasteiger partial charge in [-0.3, -0.25) is 4.90 Å². The highest BCUT2D eigenvalue weighted by Crippen LogP contribution is 2.33. The fourth-order valence-corrected chi connectivity index (χ4v) is 2.85. The number of nitrogens with zero attached hydrogens (tertiary/aromatic N) is 1. The van der Waals surface area contributed by atoms with Crippen molar-refractivity contribution in [2.75, 3.05) is 26.2 Å². The molecule has 1 heterocycles. The smallest absolute Gasteiger partial charge is 0.314 e. The van der Waals surface area contributed by atoms with Crippen molar-refractivity contribution < 1.29 is 13.2 Å². The molecule has 22 heavy (non-hydrogen) atoms. The van der Waals surface area contributed by atoms with Crippen molar-refractivity contribution >= 4 is 24.0 Å². The van der Waals surface area contributed by atoms with E-state index in [9.17, 15) is 13.2 Å². The zero-order valence-corrected chi connectivity index (χ0v) is 14.0. The first-order chi connectivity index (χ1) is 9.87. The highest BCUT2D eigenvalue weighted by molar-refractivity contribution is 6.31. The monoisotopic (exact) mass is 356 g/mol. The Kier molecular flexibility index (Phi) is 7.46. The van der Waals surface area contributed by atoms with Crippen LogP contribution in [0.3, 0.4) is 0 Å². The molecule has 2 rings (SSSR count). The minimum absolute atomic E-state index is 0. The summed E-state index contributed by atoms with van der Waals surface area (Å²) in [4.78, 5) is 2.13. The van der Waals surface area contributed by atoms with Gasteiger partial charge in [0.15, 0.2) is 0 Å². The molecular weight excluding hydrogens is 336 g/mol. The third-order valence-corrected chi connectivity index (χ3v) is 4.28. The van der Waals surface area contributed by atoms with Gasteiger partial charge < -0.3 is 5.32 Å². The Morgan fingerprint density at radius 1 is 1.27 bits per heavy atom. The van der Waals surface area contributed by atoms with E-state index in [-0.39, 0.29) is 24.9 Å². The molecule has 0 bridgehead atoms. The Morgan fingerprint density at radius 3 is 2.45 bits per heavy atom. The number of halogens is 5. The Bertz CT molecular complexity index is 474. The maximum atomic E-state index is 12.6. The fraction of sp³-hybridized carbons (Fsp3) is 0.600. The highest BCUT2D eigenvalue weighted by atomic mass is 35.5. The van der Waals surface area contributed by atoms with Crippen LogP contribution in [0.2, 0.25) is 5.02 Å². The van der Waals surface area contributed by atoms with Gasteiger partial charge in [0.2, 0.25) is 0 Å². The van der Waals surface area contributed by atoms with Crippen molar-refractivity contribution in [3.63, 3.8) is 0 Å². The van der Waals surface area contributed by atoms with Gasteiger partial charge in [-0.05, 0) is 30.5 Å². The first kappa shape index (κ1) is 19.6. The summed E-state index contributed by atoms with van der Waals surface area (Å²) in [5.41, 5.74) is 1.82. The van der Waals surface area contributed by atoms with Crippen molar-refractivity contribution in [1.82, 2.24) is 10.2 Å². The Morgan fingerprint density at radius 2 is 1.91 bits per heavy atom. The van der Waals surface area contributed by atoms with E-state index in [4.69, 9.17) is 11.6 Å². The van der Waals surface area contributed by atoms with Gasteiger partial charge in [-0.2, -0.15) is 13.2 Å². The highest BCUT2D eigenvalue weighted by Gasteiger charge is 2.31. The SMILES string of the molecule is Cc1cc([C@H](CCC(F)(F)F)N2CCNCC2)ccc1Cl.Cl. The van der Waals surface area contributed by atoms with E-state index in [1.54, 1.807) is 6.07 Å². The second-order valence-corrected chi connectivity index (χ2v) is 5.87. The molecule has 0 aliphatic carbocycles. The summed E-state index contributed by atoms with van der Waals surface area (Å²) in [7, 11) is 0. The normalized spacial score (nSPS) is 17.9. The molecule has 1 aliphatic heterocycles. The van der Waals surface area contributed by atoms with Gasteiger partial charge in [-0.25, -0.2) is 0 Å². The predicted molar refractivity (Wildman–Crippen MR) is 85.9 cm³/mol.